The zero-order chi connectivity index (χ0) is 32.3. The van der Waals surface area contributed by atoms with E-state index in [0.717, 1.165) is 33.8 Å². The van der Waals surface area contributed by atoms with Gasteiger partial charge >= 0.3 is 0 Å². The van der Waals surface area contributed by atoms with E-state index in [0.29, 0.717) is 5.82 Å². The maximum Gasteiger partial charge on any atom is 0.160 e. The van der Waals surface area contributed by atoms with E-state index in [1.165, 1.54) is 54.1 Å². The van der Waals surface area contributed by atoms with E-state index < -0.39 is 0 Å². The van der Waals surface area contributed by atoms with Gasteiger partial charge in [-0.2, -0.15) is 0 Å². The van der Waals surface area contributed by atoms with E-state index in [1.807, 2.05) is 12.1 Å². The Balaban J connectivity index is 1.21. The number of fused-ring (bicyclic) bond motifs is 10. The molecule has 3 nitrogen and oxygen atoms in total. The number of nitrogens with zero attached hydrogens (tertiary/aromatic N) is 3. The minimum atomic E-state index is 0.706. The predicted octanol–water partition coefficient (Wildman–Crippen LogP) is 12.0. The Hall–Kier alpha value is -6.58. The molecule has 228 valence electrons. The molecule has 0 atom stereocenters. The van der Waals surface area contributed by atoms with Gasteiger partial charge in [-0.15, -0.1) is 0 Å². The van der Waals surface area contributed by atoms with Crippen molar-refractivity contribution in [1.82, 2.24) is 14.5 Å². The first-order valence-electron chi connectivity index (χ1n) is 16.7. The first kappa shape index (κ1) is 27.5. The molecule has 49 heavy (non-hydrogen) atoms. The summed E-state index contributed by atoms with van der Waals surface area (Å²) < 4.78 is 2.43. The molecule has 0 bridgehead atoms. The van der Waals surface area contributed by atoms with Crippen molar-refractivity contribution in [3.8, 4) is 39.6 Å². The summed E-state index contributed by atoms with van der Waals surface area (Å²) in [6.07, 6.45) is 0. The third-order valence-corrected chi connectivity index (χ3v) is 9.77. The molecule has 0 N–H and O–H groups in total. The third kappa shape index (κ3) is 4.37. The molecule has 0 aliphatic carbocycles. The van der Waals surface area contributed by atoms with Crippen molar-refractivity contribution in [3.63, 3.8) is 0 Å². The molecule has 10 rings (SSSR count). The van der Waals surface area contributed by atoms with E-state index in [9.17, 15) is 0 Å². The minimum Gasteiger partial charge on any atom is -0.309 e. The Labute approximate surface area is 283 Å². The second-order valence-corrected chi connectivity index (χ2v) is 12.6. The molecule has 0 aliphatic heterocycles. The number of para-hydroxylation sites is 1. The van der Waals surface area contributed by atoms with Crippen LogP contribution in [0.4, 0.5) is 0 Å². The Kier molecular flexibility index (Phi) is 6.18. The maximum atomic E-state index is 5.07. The van der Waals surface area contributed by atoms with Crippen LogP contribution in [0.3, 0.4) is 0 Å². The van der Waals surface area contributed by atoms with Gasteiger partial charge in [0, 0.05) is 38.5 Å². The minimum absolute atomic E-state index is 0.706. The van der Waals surface area contributed by atoms with E-state index in [1.54, 1.807) is 0 Å². The monoisotopic (exact) mass is 623 g/mol. The lowest BCUT2D eigenvalue weighted by Crippen LogP contribution is -1.97. The van der Waals surface area contributed by atoms with Crippen molar-refractivity contribution < 1.29 is 0 Å². The summed E-state index contributed by atoms with van der Waals surface area (Å²) in [7, 11) is 0. The first-order valence-corrected chi connectivity index (χ1v) is 16.7. The van der Waals surface area contributed by atoms with Crippen molar-refractivity contribution in [2.75, 3.05) is 0 Å². The average Bonchev–Trinajstić information content (AvgIpc) is 3.54. The maximum absolute atomic E-state index is 5.07. The second-order valence-electron chi connectivity index (χ2n) is 12.6. The van der Waals surface area contributed by atoms with Gasteiger partial charge in [-0.25, -0.2) is 9.97 Å². The molecule has 0 amide bonds. The highest BCUT2D eigenvalue weighted by Gasteiger charge is 2.20. The number of aromatic nitrogens is 3. The lowest BCUT2D eigenvalue weighted by Gasteiger charge is -2.14. The lowest BCUT2D eigenvalue weighted by molar-refractivity contribution is 1.17. The summed E-state index contributed by atoms with van der Waals surface area (Å²) in [5.41, 5.74) is 8.42. The fourth-order valence-corrected chi connectivity index (χ4v) is 7.56. The van der Waals surface area contributed by atoms with Crippen molar-refractivity contribution in [1.29, 1.82) is 0 Å². The van der Waals surface area contributed by atoms with Crippen LogP contribution in [-0.4, -0.2) is 14.5 Å². The third-order valence-electron chi connectivity index (χ3n) is 9.77. The normalized spacial score (nSPS) is 11.7. The zero-order valence-electron chi connectivity index (χ0n) is 26.6. The number of benzene rings is 8. The molecule has 0 spiro atoms. The predicted molar refractivity (Wildman–Crippen MR) is 205 cm³/mol. The highest BCUT2D eigenvalue weighted by atomic mass is 15.0. The molecule has 2 aromatic heterocycles. The Bertz CT molecular complexity index is 2790. The van der Waals surface area contributed by atoms with Gasteiger partial charge in [0.1, 0.15) is 0 Å². The summed E-state index contributed by atoms with van der Waals surface area (Å²) in [6, 6.07) is 62.5. The van der Waals surface area contributed by atoms with Gasteiger partial charge in [0.2, 0.25) is 0 Å². The SMILES string of the molecule is c1ccc(-c2cc(-c3ccccc3)nc(-c3ccc(-n4c5ccccc5c5c6ccc7ccccc7c6c6ccccc6c54)cc3)n2)cc1. The van der Waals surface area contributed by atoms with Crippen LogP contribution in [-0.2, 0) is 0 Å². The standard InChI is InChI=1S/C46H29N3/c1-3-14-31(15-4-1)40-29-41(32-16-5-2-6-17-32)48-46(47-40)33-23-26-34(27-24-33)49-42-22-12-11-21-38(42)44-39-28-25-30-13-7-8-18-35(30)43(39)36-19-9-10-20-37(36)45(44)49/h1-29H. The number of hydrogen-bond donors (Lipinski definition) is 0. The van der Waals surface area contributed by atoms with Crippen LogP contribution in [0.2, 0.25) is 0 Å². The molecular formula is C46H29N3. The van der Waals surface area contributed by atoms with E-state index in [-0.39, 0.29) is 0 Å². The van der Waals surface area contributed by atoms with Gasteiger partial charge in [0.05, 0.1) is 22.4 Å². The Morgan fingerprint density at radius 1 is 0.367 bits per heavy atom. The van der Waals surface area contributed by atoms with Gasteiger partial charge < -0.3 is 4.57 Å². The molecule has 0 saturated heterocycles. The van der Waals surface area contributed by atoms with Gasteiger partial charge in [-0.05, 0) is 63.3 Å². The molecule has 2 heterocycles. The second kappa shape index (κ2) is 11.0. The van der Waals surface area contributed by atoms with Crippen LogP contribution < -0.4 is 0 Å². The molecule has 10 aromatic rings. The van der Waals surface area contributed by atoms with Gasteiger partial charge in [0.25, 0.3) is 0 Å². The van der Waals surface area contributed by atoms with Crippen molar-refractivity contribution in [3.05, 3.63) is 176 Å². The summed E-state index contributed by atoms with van der Waals surface area (Å²) in [5, 5.41) is 10.2. The largest absolute Gasteiger partial charge is 0.309 e. The quantitative estimate of drug-likeness (QED) is 0.183. The van der Waals surface area contributed by atoms with Crippen molar-refractivity contribution >= 4 is 54.1 Å². The lowest BCUT2D eigenvalue weighted by atomic mass is 9.93. The van der Waals surface area contributed by atoms with Crippen molar-refractivity contribution in [2.24, 2.45) is 0 Å². The Morgan fingerprint density at radius 3 is 1.63 bits per heavy atom. The molecule has 3 heteroatoms. The summed E-state index contributed by atoms with van der Waals surface area (Å²) in [6.45, 7) is 0. The summed E-state index contributed by atoms with van der Waals surface area (Å²) in [5.74, 6) is 0.706. The average molecular weight is 624 g/mol. The van der Waals surface area contributed by atoms with Crippen LogP contribution in [0.25, 0.3) is 93.7 Å². The number of hydrogen-bond acceptors (Lipinski definition) is 2. The Morgan fingerprint density at radius 2 is 0.939 bits per heavy atom. The fraction of sp³-hybridized carbons (Fsp3) is 0. The fourth-order valence-electron chi connectivity index (χ4n) is 7.56. The number of rotatable bonds is 4. The molecule has 0 saturated carbocycles. The molecule has 8 aromatic carbocycles. The summed E-state index contributed by atoms with van der Waals surface area (Å²) in [4.78, 5) is 10.1. The smallest absolute Gasteiger partial charge is 0.160 e. The van der Waals surface area contributed by atoms with Crippen LogP contribution in [0.15, 0.2) is 176 Å². The van der Waals surface area contributed by atoms with E-state index in [2.05, 4.69) is 168 Å². The molecule has 0 radical (unpaired) electrons. The zero-order valence-corrected chi connectivity index (χ0v) is 26.6. The molecule has 0 unspecified atom stereocenters. The highest BCUT2D eigenvalue weighted by molar-refractivity contribution is 6.36. The van der Waals surface area contributed by atoms with Gasteiger partial charge in [-0.3, -0.25) is 0 Å². The molecule has 0 fully saturated rings. The topological polar surface area (TPSA) is 30.7 Å². The van der Waals surface area contributed by atoms with Crippen LogP contribution in [0, 0.1) is 0 Å². The van der Waals surface area contributed by atoms with E-state index >= 15 is 0 Å². The van der Waals surface area contributed by atoms with Gasteiger partial charge in [0.15, 0.2) is 5.82 Å². The summed E-state index contributed by atoms with van der Waals surface area (Å²) >= 11 is 0. The highest BCUT2D eigenvalue weighted by Crippen LogP contribution is 2.44. The van der Waals surface area contributed by atoms with Gasteiger partial charge in [-0.1, -0.05) is 140 Å². The van der Waals surface area contributed by atoms with Crippen LogP contribution in [0.1, 0.15) is 0 Å². The van der Waals surface area contributed by atoms with Crippen LogP contribution >= 0.6 is 0 Å². The first-order chi connectivity index (χ1) is 24.3. The van der Waals surface area contributed by atoms with Crippen molar-refractivity contribution in [2.45, 2.75) is 0 Å². The van der Waals surface area contributed by atoms with E-state index in [4.69, 9.17) is 9.97 Å². The van der Waals surface area contributed by atoms with Crippen LogP contribution in [0.5, 0.6) is 0 Å². The molecule has 0 aliphatic rings. The molecular weight excluding hydrogens is 595 g/mol.